The zero-order valence-corrected chi connectivity index (χ0v) is 13.7. The molecule has 0 spiro atoms. The van der Waals surface area contributed by atoms with Crippen molar-refractivity contribution in [2.24, 2.45) is 5.92 Å². The molecule has 0 saturated heterocycles. The van der Waals surface area contributed by atoms with Gasteiger partial charge < -0.3 is 5.32 Å². The van der Waals surface area contributed by atoms with E-state index in [2.05, 4.69) is 5.32 Å². The molecule has 2 rings (SSSR count). The lowest BCUT2D eigenvalue weighted by Gasteiger charge is -2.33. The van der Waals surface area contributed by atoms with E-state index in [0.717, 1.165) is 24.3 Å². The summed E-state index contributed by atoms with van der Waals surface area (Å²) < 4.78 is 86.6. The summed E-state index contributed by atoms with van der Waals surface area (Å²) in [5.74, 6) is -6.03. The molecule has 0 aromatic heterocycles. The number of hydrogen-bond donors (Lipinski definition) is 1. The van der Waals surface area contributed by atoms with Crippen molar-refractivity contribution in [1.82, 2.24) is 5.32 Å². The van der Waals surface area contributed by atoms with Crippen LogP contribution in [0.3, 0.4) is 0 Å². The standard InChI is InChI=1S/C15H16F5NO3S/c16-14(17)25(23,24)10-7-5-9(6-8-10)13(22)21-12-4-2-1-3-11(12)15(18,19)20/h5-8,11-12,14H,1-4H2,(H,21,22)/t11-,12+/m0/s1. The number of carbonyl (C=O) groups is 1. The van der Waals surface area contributed by atoms with Gasteiger partial charge in [0, 0.05) is 11.6 Å². The highest BCUT2D eigenvalue weighted by atomic mass is 32.2. The van der Waals surface area contributed by atoms with Gasteiger partial charge in [0.05, 0.1) is 10.8 Å². The van der Waals surface area contributed by atoms with Crippen molar-refractivity contribution in [3.63, 3.8) is 0 Å². The number of halogens is 5. The number of sulfone groups is 1. The van der Waals surface area contributed by atoms with Crippen LogP contribution < -0.4 is 5.32 Å². The third kappa shape index (κ3) is 4.47. The average Bonchev–Trinajstić information content (AvgIpc) is 2.54. The molecule has 1 aliphatic rings. The number of carbonyl (C=O) groups excluding carboxylic acids is 1. The minimum Gasteiger partial charge on any atom is -0.349 e. The first-order chi connectivity index (χ1) is 11.5. The van der Waals surface area contributed by atoms with Crippen molar-refractivity contribution in [2.75, 3.05) is 0 Å². The van der Waals surface area contributed by atoms with Gasteiger partial charge in [-0.2, -0.15) is 22.0 Å². The summed E-state index contributed by atoms with van der Waals surface area (Å²) >= 11 is 0. The van der Waals surface area contributed by atoms with Crippen LogP contribution in [-0.2, 0) is 9.84 Å². The second-order valence-electron chi connectivity index (χ2n) is 5.84. The van der Waals surface area contributed by atoms with E-state index in [1.54, 1.807) is 0 Å². The van der Waals surface area contributed by atoms with Gasteiger partial charge >= 0.3 is 11.9 Å². The maximum Gasteiger partial charge on any atom is 0.393 e. The molecule has 2 atom stereocenters. The largest absolute Gasteiger partial charge is 0.393 e. The van der Waals surface area contributed by atoms with Crippen LogP contribution in [0.15, 0.2) is 29.2 Å². The Kier molecular flexibility index (Phi) is 5.70. The summed E-state index contributed by atoms with van der Waals surface area (Å²) in [6.45, 7) is 0. The van der Waals surface area contributed by atoms with Gasteiger partial charge in [0.2, 0.25) is 9.84 Å². The van der Waals surface area contributed by atoms with Crippen LogP contribution in [0.1, 0.15) is 36.0 Å². The van der Waals surface area contributed by atoms with Crippen LogP contribution in [-0.4, -0.2) is 32.3 Å². The lowest BCUT2D eigenvalue weighted by Crippen LogP contribution is -2.47. The maximum absolute atomic E-state index is 13.0. The summed E-state index contributed by atoms with van der Waals surface area (Å²) in [7, 11) is -4.79. The molecule has 0 heterocycles. The summed E-state index contributed by atoms with van der Waals surface area (Å²) in [6.07, 6.45) is -3.32. The highest BCUT2D eigenvalue weighted by molar-refractivity contribution is 7.91. The molecule has 4 nitrogen and oxygen atoms in total. The highest BCUT2D eigenvalue weighted by Gasteiger charge is 2.46. The molecule has 1 fully saturated rings. The molecule has 0 bridgehead atoms. The smallest absolute Gasteiger partial charge is 0.349 e. The van der Waals surface area contributed by atoms with E-state index in [9.17, 15) is 35.2 Å². The molecular formula is C15H16F5NO3S. The SMILES string of the molecule is O=C(N[C@@H]1CCCC[C@@H]1C(F)(F)F)c1ccc(S(=O)(=O)C(F)F)cc1. The van der Waals surface area contributed by atoms with Gasteiger partial charge in [-0.15, -0.1) is 0 Å². The Hall–Kier alpha value is -1.71. The van der Waals surface area contributed by atoms with E-state index in [0.29, 0.717) is 12.8 Å². The summed E-state index contributed by atoms with van der Waals surface area (Å²) in [5, 5.41) is 2.32. The molecule has 1 amide bonds. The van der Waals surface area contributed by atoms with E-state index in [-0.39, 0.29) is 18.4 Å². The molecule has 1 aromatic rings. The monoisotopic (exact) mass is 385 g/mol. The van der Waals surface area contributed by atoms with Gasteiger partial charge in [-0.25, -0.2) is 8.42 Å². The molecule has 0 aliphatic heterocycles. The van der Waals surface area contributed by atoms with Gasteiger partial charge in [-0.05, 0) is 37.1 Å². The number of rotatable bonds is 4. The van der Waals surface area contributed by atoms with Gasteiger partial charge in [0.15, 0.2) is 0 Å². The molecule has 25 heavy (non-hydrogen) atoms. The Morgan fingerprint density at radius 2 is 1.64 bits per heavy atom. The van der Waals surface area contributed by atoms with Crippen molar-refractivity contribution in [3.05, 3.63) is 29.8 Å². The first kappa shape index (κ1) is 19.6. The summed E-state index contributed by atoms with van der Waals surface area (Å²) in [6, 6.07) is 2.59. The van der Waals surface area contributed by atoms with E-state index < -0.39 is 44.5 Å². The van der Waals surface area contributed by atoms with Crippen LogP contribution >= 0.6 is 0 Å². The molecule has 10 heteroatoms. The third-order valence-electron chi connectivity index (χ3n) is 4.18. The van der Waals surface area contributed by atoms with Gasteiger partial charge in [-0.3, -0.25) is 4.79 Å². The van der Waals surface area contributed by atoms with Gasteiger partial charge in [-0.1, -0.05) is 12.8 Å². The first-order valence-corrected chi connectivity index (χ1v) is 9.08. The van der Waals surface area contributed by atoms with Crippen molar-refractivity contribution < 1.29 is 35.2 Å². The van der Waals surface area contributed by atoms with E-state index >= 15 is 0 Å². The van der Waals surface area contributed by atoms with Crippen LogP contribution in [0, 0.1) is 5.92 Å². The van der Waals surface area contributed by atoms with Crippen LogP contribution in [0.25, 0.3) is 0 Å². The summed E-state index contributed by atoms with van der Waals surface area (Å²) in [5.41, 5.74) is -0.0975. The number of amides is 1. The quantitative estimate of drug-likeness (QED) is 0.807. The molecule has 1 saturated carbocycles. The third-order valence-corrected chi connectivity index (χ3v) is 5.58. The molecule has 0 unspecified atom stereocenters. The Morgan fingerprint density at radius 3 is 2.16 bits per heavy atom. The fraction of sp³-hybridized carbons (Fsp3) is 0.533. The van der Waals surface area contributed by atoms with Crippen molar-refractivity contribution in [1.29, 1.82) is 0 Å². The molecule has 1 aromatic carbocycles. The Bertz CT molecular complexity index is 716. The number of alkyl halides is 5. The highest BCUT2D eigenvalue weighted by Crippen LogP contribution is 2.37. The number of benzene rings is 1. The molecule has 1 aliphatic carbocycles. The predicted molar refractivity (Wildman–Crippen MR) is 78.9 cm³/mol. The van der Waals surface area contributed by atoms with Gasteiger partial charge in [0.1, 0.15) is 0 Å². The second kappa shape index (κ2) is 7.27. The average molecular weight is 385 g/mol. The lowest BCUT2D eigenvalue weighted by molar-refractivity contribution is -0.187. The summed E-state index contributed by atoms with van der Waals surface area (Å²) in [4.78, 5) is 11.4. The fourth-order valence-electron chi connectivity index (χ4n) is 2.85. The number of nitrogens with one attached hydrogen (secondary N) is 1. The fourth-order valence-corrected chi connectivity index (χ4v) is 3.57. The van der Waals surface area contributed by atoms with E-state index in [4.69, 9.17) is 0 Å². The molecule has 140 valence electrons. The zero-order valence-electron chi connectivity index (χ0n) is 12.9. The first-order valence-electron chi connectivity index (χ1n) is 7.53. The van der Waals surface area contributed by atoms with Gasteiger partial charge in [0.25, 0.3) is 5.91 Å². The van der Waals surface area contributed by atoms with Crippen LogP contribution in [0.2, 0.25) is 0 Å². The second-order valence-corrected chi connectivity index (χ2v) is 7.76. The lowest BCUT2D eigenvalue weighted by atomic mass is 9.84. The molecular weight excluding hydrogens is 369 g/mol. The van der Waals surface area contributed by atoms with E-state index in [1.807, 2.05) is 0 Å². The van der Waals surface area contributed by atoms with Crippen molar-refractivity contribution >= 4 is 15.7 Å². The van der Waals surface area contributed by atoms with Crippen molar-refractivity contribution in [3.8, 4) is 0 Å². The molecule has 0 radical (unpaired) electrons. The number of hydrogen-bond acceptors (Lipinski definition) is 3. The molecule has 1 N–H and O–H groups in total. The normalized spacial score (nSPS) is 22.0. The topological polar surface area (TPSA) is 63.2 Å². The zero-order chi connectivity index (χ0) is 18.8. The van der Waals surface area contributed by atoms with E-state index in [1.165, 1.54) is 0 Å². The Labute approximate surface area is 141 Å². The minimum atomic E-state index is -4.79. The Balaban J connectivity index is 2.13. The van der Waals surface area contributed by atoms with Crippen molar-refractivity contribution in [2.45, 2.75) is 48.6 Å². The minimum absolute atomic E-state index is 0.0694. The Morgan fingerprint density at radius 1 is 1.08 bits per heavy atom. The van der Waals surface area contributed by atoms with Crippen LogP contribution in [0.5, 0.6) is 0 Å². The van der Waals surface area contributed by atoms with Crippen LogP contribution in [0.4, 0.5) is 22.0 Å². The maximum atomic E-state index is 13.0. The predicted octanol–water partition coefficient (Wildman–Crippen LogP) is 3.53.